The van der Waals surface area contributed by atoms with Crippen LogP contribution in [0.25, 0.3) is 44.2 Å². The van der Waals surface area contributed by atoms with Crippen LogP contribution in [0.1, 0.15) is 22.3 Å². The first-order valence-corrected chi connectivity index (χ1v) is 16.5. The molecule has 0 atom stereocenters. The SMILES string of the molecule is c1ccc(-c2ccc3c(c2)-c2ccc(Nc4ccc5c(c4)oc4ccccc45)cc2C32c3ccccc3Sc3ccccc32)cc1. The Hall–Kier alpha value is -5.51. The summed E-state index contributed by atoms with van der Waals surface area (Å²) in [5, 5.41) is 6.01. The molecule has 1 aliphatic carbocycles. The monoisotopic (exact) mass is 605 g/mol. The van der Waals surface area contributed by atoms with Crippen molar-refractivity contribution in [1.29, 1.82) is 0 Å². The minimum Gasteiger partial charge on any atom is -0.456 e. The number of rotatable bonds is 3. The van der Waals surface area contributed by atoms with Crippen LogP contribution >= 0.6 is 11.8 Å². The zero-order valence-corrected chi connectivity index (χ0v) is 25.6. The normalized spacial score (nSPS) is 13.7. The molecule has 0 fully saturated rings. The first-order chi connectivity index (χ1) is 22.8. The average Bonchev–Trinajstić information content (AvgIpc) is 3.62. The lowest BCUT2D eigenvalue weighted by molar-refractivity contribution is 0.669. The maximum Gasteiger partial charge on any atom is 0.137 e. The van der Waals surface area contributed by atoms with Crippen LogP contribution in [-0.4, -0.2) is 0 Å². The van der Waals surface area contributed by atoms with Crippen LogP contribution in [0.2, 0.25) is 0 Å². The molecule has 1 spiro atoms. The Kier molecular flexibility index (Phi) is 5.46. The van der Waals surface area contributed by atoms with Crippen LogP contribution in [0.5, 0.6) is 0 Å². The molecule has 8 aromatic rings. The number of hydrogen-bond donors (Lipinski definition) is 1. The fourth-order valence-electron chi connectivity index (χ4n) is 7.76. The van der Waals surface area contributed by atoms with E-state index >= 15 is 0 Å². The summed E-state index contributed by atoms with van der Waals surface area (Å²) in [6, 6.07) is 57.2. The van der Waals surface area contributed by atoms with Gasteiger partial charge in [-0.3, -0.25) is 0 Å². The molecule has 0 radical (unpaired) electrons. The molecular weight excluding hydrogens is 579 g/mol. The van der Waals surface area contributed by atoms with E-state index in [4.69, 9.17) is 4.42 Å². The molecule has 1 aliphatic heterocycles. The molecule has 10 rings (SSSR count). The van der Waals surface area contributed by atoms with Crippen molar-refractivity contribution < 1.29 is 4.42 Å². The molecule has 2 nitrogen and oxygen atoms in total. The predicted octanol–water partition coefficient (Wildman–Crippen LogP) is 11.8. The van der Waals surface area contributed by atoms with Gasteiger partial charge in [-0.05, 0) is 93.0 Å². The minimum absolute atomic E-state index is 0.432. The van der Waals surface area contributed by atoms with Crippen molar-refractivity contribution in [3.05, 3.63) is 180 Å². The average molecular weight is 606 g/mol. The van der Waals surface area contributed by atoms with E-state index in [1.54, 1.807) is 0 Å². The zero-order chi connectivity index (χ0) is 30.2. The molecule has 0 saturated heterocycles. The second-order valence-corrected chi connectivity index (χ2v) is 13.2. The summed E-state index contributed by atoms with van der Waals surface area (Å²) in [6.07, 6.45) is 0. The van der Waals surface area contributed by atoms with Crippen LogP contribution in [0.15, 0.2) is 172 Å². The lowest BCUT2D eigenvalue weighted by Gasteiger charge is -2.39. The Bertz CT molecular complexity index is 2450. The number of anilines is 2. The number of fused-ring (bicyclic) bond motifs is 12. The third kappa shape index (κ3) is 3.61. The molecule has 2 aliphatic rings. The fraction of sp³-hybridized carbons (Fsp3) is 0.0233. The molecule has 216 valence electrons. The van der Waals surface area contributed by atoms with Gasteiger partial charge in [0.05, 0.1) is 5.41 Å². The zero-order valence-electron chi connectivity index (χ0n) is 24.8. The second-order valence-electron chi connectivity index (χ2n) is 12.2. The summed E-state index contributed by atoms with van der Waals surface area (Å²) in [5.41, 5.74) is 13.8. The molecule has 1 aromatic heterocycles. The molecule has 46 heavy (non-hydrogen) atoms. The summed E-state index contributed by atoms with van der Waals surface area (Å²) in [6.45, 7) is 0. The highest BCUT2D eigenvalue weighted by atomic mass is 32.2. The lowest BCUT2D eigenvalue weighted by atomic mass is 9.67. The van der Waals surface area contributed by atoms with Crippen LogP contribution in [0.4, 0.5) is 11.4 Å². The van der Waals surface area contributed by atoms with E-state index in [1.807, 2.05) is 23.9 Å². The van der Waals surface area contributed by atoms with Gasteiger partial charge < -0.3 is 9.73 Å². The Morgan fingerprint density at radius 2 is 1.11 bits per heavy atom. The Balaban J connectivity index is 1.19. The smallest absolute Gasteiger partial charge is 0.137 e. The Morgan fingerprint density at radius 1 is 0.435 bits per heavy atom. The van der Waals surface area contributed by atoms with Gasteiger partial charge in [-0.1, -0.05) is 115 Å². The summed E-state index contributed by atoms with van der Waals surface area (Å²) in [4.78, 5) is 2.61. The molecule has 1 N–H and O–H groups in total. The highest BCUT2D eigenvalue weighted by molar-refractivity contribution is 7.99. The van der Waals surface area contributed by atoms with Crippen molar-refractivity contribution in [2.24, 2.45) is 0 Å². The quantitative estimate of drug-likeness (QED) is 0.217. The molecule has 0 bridgehead atoms. The molecule has 7 aromatic carbocycles. The third-order valence-electron chi connectivity index (χ3n) is 9.71. The third-order valence-corrected chi connectivity index (χ3v) is 10.9. The summed E-state index contributed by atoms with van der Waals surface area (Å²) < 4.78 is 6.22. The molecular formula is C43H27NOS. The van der Waals surface area contributed by atoms with Crippen LogP contribution in [-0.2, 0) is 5.41 Å². The Morgan fingerprint density at radius 3 is 1.93 bits per heavy atom. The maximum absolute atomic E-state index is 6.22. The molecule has 2 heterocycles. The minimum atomic E-state index is -0.432. The highest BCUT2D eigenvalue weighted by Gasteiger charge is 2.50. The van der Waals surface area contributed by atoms with Gasteiger partial charge in [-0.2, -0.15) is 0 Å². The van der Waals surface area contributed by atoms with Crippen molar-refractivity contribution >= 4 is 45.1 Å². The van der Waals surface area contributed by atoms with Gasteiger partial charge in [0, 0.05) is 38.0 Å². The summed E-state index contributed by atoms with van der Waals surface area (Å²) in [7, 11) is 0. The van der Waals surface area contributed by atoms with Crippen molar-refractivity contribution in [3.8, 4) is 22.3 Å². The first-order valence-electron chi connectivity index (χ1n) is 15.7. The lowest BCUT2D eigenvalue weighted by Crippen LogP contribution is -2.32. The first kappa shape index (κ1) is 25.8. The maximum atomic E-state index is 6.22. The number of nitrogens with one attached hydrogen (secondary N) is 1. The van der Waals surface area contributed by atoms with E-state index in [2.05, 4.69) is 151 Å². The van der Waals surface area contributed by atoms with E-state index in [-0.39, 0.29) is 0 Å². The number of furan rings is 1. The second kappa shape index (κ2) is 9.74. The van der Waals surface area contributed by atoms with Crippen molar-refractivity contribution in [1.82, 2.24) is 0 Å². The molecule has 0 saturated carbocycles. The Labute approximate surface area is 271 Å². The molecule has 0 unspecified atom stereocenters. The topological polar surface area (TPSA) is 25.2 Å². The van der Waals surface area contributed by atoms with E-state index in [1.165, 1.54) is 54.3 Å². The predicted molar refractivity (Wildman–Crippen MR) is 190 cm³/mol. The van der Waals surface area contributed by atoms with Gasteiger partial charge in [-0.15, -0.1) is 0 Å². The van der Waals surface area contributed by atoms with Crippen molar-refractivity contribution in [2.75, 3.05) is 5.32 Å². The number of benzene rings is 7. The van der Waals surface area contributed by atoms with Crippen molar-refractivity contribution in [3.63, 3.8) is 0 Å². The van der Waals surface area contributed by atoms with E-state index in [0.29, 0.717) is 0 Å². The molecule has 3 heteroatoms. The molecule has 0 amide bonds. The fourth-order valence-corrected chi connectivity index (χ4v) is 8.95. The van der Waals surface area contributed by atoms with Crippen LogP contribution in [0.3, 0.4) is 0 Å². The van der Waals surface area contributed by atoms with E-state index < -0.39 is 5.41 Å². The van der Waals surface area contributed by atoms with Gasteiger partial charge >= 0.3 is 0 Å². The van der Waals surface area contributed by atoms with Gasteiger partial charge in [0.25, 0.3) is 0 Å². The number of para-hydroxylation sites is 1. The van der Waals surface area contributed by atoms with E-state index in [9.17, 15) is 0 Å². The van der Waals surface area contributed by atoms with Crippen molar-refractivity contribution in [2.45, 2.75) is 15.2 Å². The van der Waals surface area contributed by atoms with Crippen LogP contribution < -0.4 is 5.32 Å². The highest BCUT2D eigenvalue weighted by Crippen LogP contribution is 2.62. The van der Waals surface area contributed by atoms with Gasteiger partial charge in [0.1, 0.15) is 11.2 Å². The van der Waals surface area contributed by atoms with Gasteiger partial charge in [0.15, 0.2) is 0 Å². The van der Waals surface area contributed by atoms with Gasteiger partial charge in [0.2, 0.25) is 0 Å². The van der Waals surface area contributed by atoms with E-state index in [0.717, 1.165) is 33.3 Å². The standard InChI is InChI=1S/C43H27NOS/c1-2-10-27(11-3-1)28-18-23-35-34(24-28)31-21-19-29(44-30-20-22-33-32-12-4-7-15-39(32)45-40(33)26-30)25-38(31)43(35)36-13-5-8-16-41(36)46-42-17-9-6-14-37(42)43/h1-26,44H. The summed E-state index contributed by atoms with van der Waals surface area (Å²) in [5.74, 6) is 0. The van der Waals surface area contributed by atoms with Gasteiger partial charge in [-0.25, -0.2) is 0 Å². The number of hydrogen-bond acceptors (Lipinski definition) is 3. The van der Waals surface area contributed by atoms with Crippen LogP contribution in [0, 0.1) is 0 Å². The summed E-state index contributed by atoms with van der Waals surface area (Å²) >= 11 is 1.88. The largest absolute Gasteiger partial charge is 0.456 e.